The van der Waals surface area contributed by atoms with Crippen molar-refractivity contribution in [3.63, 3.8) is 0 Å². The summed E-state index contributed by atoms with van der Waals surface area (Å²) >= 11 is 0. The molecule has 0 amide bonds. The lowest BCUT2D eigenvalue weighted by atomic mass is 9.94. The Bertz CT molecular complexity index is 439. The molecule has 1 aromatic heterocycles. The highest BCUT2D eigenvalue weighted by Gasteiger charge is 2.25. The van der Waals surface area contributed by atoms with Gasteiger partial charge in [0.15, 0.2) is 9.84 Å². The minimum absolute atomic E-state index is 0.150. The third-order valence-corrected chi connectivity index (χ3v) is 3.74. The van der Waals surface area contributed by atoms with Crippen LogP contribution >= 0.6 is 0 Å². The van der Waals surface area contributed by atoms with Crippen LogP contribution in [0, 0.1) is 0 Å². The van der Waals surface area contributed by atoms with Gasteiger partial charge >= 0.3 is 0 Å². The summed E-state index contributed by atoms with van der Waals surface area (Å²) in [6, 6.07) is 0. The van der Waals surface area contributed by atoms with E-state index in [1.54, 1.807) is 13.1 Å². The molecule has 4 nitrogen and oxygen atoms in total. The zero-order chi connectivity index (χ0) is 11.9. The van der Waals surface area contributed by atoms with Crippen molar-refractivity contribution < 1.29 is 12.8 Å². The average molecular weight is 231 g/mol. The van der Waals surface area contributed by atoms with Crippen molar-refractivity contribution in [2.24, 2.45) is 0 Å². The van der Waals surface area contributed by atoms with E-state index in [-0.39, 0.29) is 11.3 Å². The van der Waals surface area contributed by atoms with Gasteiger partial charge in [0, 0.05) is 11.7 Å². The van der Waals surface area contributed by atoms with Gasteiger partial charge in [-0.1, -0.05) is 20.8 Å². The van der Waals surface area contributed by atoms with Crippen molar-refractivity contribution in [1.29, 1.82) is 0 Å². The Kier molecular flexibility index (Phi) is 2.96. The maximum atomic E-state index is 11.3. The van der Waals surface area contributed by atoms with Crippen LogP contribution in [-0.2, 0) is 15.3 Å². The summed E-state index contributed by atoms with van der Waals surface area (Å²) in [5.74, 6) is 0.968. The number of nitrogens with zero attached hydrogens (tertiary/aromatic N) is 1. The first kappa shape index (κ1) is 12.2. The Labute approximate surface area is 90.6 Å². The maximum absolute atomic E-state index is 11.3. The summed E-state index contributed by atoms with van der Waals surface area (Å²) in [4.78, 5) is 4.00. The lowest BCUT2D eigenvalue weighted by Gasteiger charge is -2.13. The molecule has 0 fully saturated rings. The third kappa shape index (κ3) is 2.81. The SMILES string of the molecule is CC(c1ncc(C(C)(C)C)o1)S(C)(=O)=O. The molecule has 0 saturated carbocycles. The van der Waals surface area contributed by atoms with Gasteiger partial charge in [-0.05, 0) is 6.92 Å². The summed E-state index contributed by atoms with van der Waals surface area (Å²) in [5.41, 5.74) is -0.150. The molecule has 0 aromatic carbocycles. The van der Waals surface area contributed by atoms with E-state index >= 15 is 0 Å². The second-order valence-electron chi connectivity index (χ2n) is 4.78. The van der Waals surface area contributed by atoms with Crippen LogP contribution in [0.4, 0.5) is 0 Å². The molecule has 0 radical (unpaired) electrons. The lowest BCUT2D eigenvalue weighted by Crippen LogP contribution is -2.10. The van der Waals surface area contributed by atoms with Crippen molar-refractivity contribution in [3.8, 4) is 0 Å². The molecule has 0 aliphatic carbocycles. The number of oxazole rings is 1. The molecule has 5 heteroatoms. The van der Waals surface area contributed by atoms with Gasteiger partial charge in [-0.3, -0.25) is 0 Å². The number of hydrogen-bond acceptors (Lipinski definition) is 4. The smallest absolute Gasteiger partial charge is 0.212 e. The van der Waals surface area contributed by atoms with Crippen molar-refractivity contribution in [1.82, 2.24) is 4.98 Å². The fraction of sp³-hybridized carbons (Fsp3) is 0.700. The zero-order valence-corrected chi connectivity index (χ0v) is 10.6. The summed E-state index contributed by atoms with van der Waals surface area (Å²) in [5, 5.41) is -0.686. The molecule has 1 aromatic rings. The summed E-state index contributed by atoms with van der Waals surface area (Å²) in [6.45, 7) is 7.54. The minimum Gasteiger partial charge on any atom is -0.444 e. The van der Waals surface area contributed by atoms with Crippen LogP contribution in [0.25, 0.3) is 0 Å². The molecule has 15 heavy (non-hydrogen) atoms. The minimum atomic E-state index is -3.14. The first-order valence-electron chi connectivity index (χ1n) is 4.77. The Morgan fingerprint density at radius 1 is 1.40 bits per heavy atom. The largest absolute Gasteiger partial charge is 0.444 e. The van der Waals surface area contributed by atoms with Gasteiger partial charge in [0.1, 0.15) is 11.0 Å². The third-order valence-electron chi connectivity index (χ3n) is 2.25. The van der Waals surface area contributed by atoms with Crippen LogP contribution in [0.15, 0.2) is 10.6 Å². The van der Waals surface area contributed by atoms with Crippen molar-refractivity contribution >= 4 is 9.84 Å². The molecule has 0 saturated heterocycles. The topological polar surface area (TPSA) is 60.2 Å². The normalized spacial score (nSPS) is 15.3. The molecule has 86 valence electrons. The molecule has 0 aliphatic heterocycles. The van der Waals surface area contributed by atoms with E-state index in [0.29, 0.717) is 5.76 Å². The molecule has 1 rings (SSSR count). The van der Waals surface area contributed by atoms with E-state index in [4.69, 9.17) is 4.42 Å². The van der Waals surface area contributed by atoms with Crippen molar-refractivity contribution in [2.45, 2.75) is 38.4 Å². The molecule has 0 spiro atoms. The van der Waals surface area contributed by atoms with Gasteiger partial charge in [0.05, 0.1) is 6.20 Å². The quantitative estimate of drug-likeness (QED) is 0.781. The van der Waals surface area contributed by atoms with Crippen LogP contribution in [0.2, 0.25) is 0 Å². The predicted octanol–water partition coefficient (Wildman–Crippen LogP) is 2.08. The van der Waals surface area contributed by atoms with Crippen LogP contribution in [0.5, 0.6) is 0 Å². The summed E-state index contributed by atoms with van der Waals surface area (Å²) in [6.07, 6.45) is 2.77. The van der Waals surface area contributed by atoms with Crippen LogP contribution in [-0.4, -0.2) is 19.7 Å². The first-order chi connectivity index (χ1) is 6.62. The van der Waals surface area contributed by atoms with E-state index in [9.17, 15) is 8.42 Å². The van der Waals surface area contributed by atoms with Crippen LogP contribution in [0.1, 0.15) is 44.6 Å². The van der Waals surface area contributed by atoms with Gasteiger partial charge in [-0.25, -0.2) is 13.4 Å². The van der Waals surface area contributed by atoms with Crippen LogP contribution in [0.3, 0.4) is 0 Å². The Hall–Kier alpha value is -0.840. The van der Waals surface area contributed by atoms with E-state index in [2.05, 4.69) is 4.98 Å². The maximum Gasteiger partial charge on any atom is 0.212 e. The van der Waals surface area contributed by atoms with Crippen molar-refractivity contribution in [3.05, 3.63) is 17.8 Å². The highest BCUT2D eigenvalue weighted by atomic mass is 32.2. The molecule has 0 bridgehead atoms. The van der Waals surface area contributed by atoms with Gasteiger partial charge in [-0.2, -0.15) is 0 Å². The Morgan fingerprint density at radius 2 is 1.93 bits per heavy atom. The zero-order valence-electron chi connectivity index (χ0n) is 9.73. The first-order valence-corrected chi connectivity index (χ1v) is 6.73. The number of aromatic nitrogens is 1. The molecule has 1 heterocycles. The highest BCUT2D eigenvalue weighted by molar-refractivity contribution is 7.90. The molecule has 0 aliphatic rings. The van der Waals surface area contributed by atoms with Crippen molar-refractivity contribution in [2.75, 3.05) is 6.26 Å². The second kappa shape index (κ2) is 3.63. The van der Waals surface area contributed by atoms with E-state index in [1.807, 2.05) is 20.8 Å². The number of rotatable bonds is 2. The van der Waals surface area contributed by atoms with Crippen LogP contribution < -0.4 is 0 Å². The van der Waals surface area contributed by atoms with E-state index in [0.717, 1.165) is 0 Å². The van der Waals surface area contributed by atoms with Gasteiger partial charge in [0.2, 0.25) is 5.89 Å². The van der Waals surface area contributed by atoms with Gasteiger partial charge in [0.25, 0.3) is 0 Å². The highest BCUT2D eigenvalue weighted by Crippen LogP contribution is 2.27. The Balaban J connectivity index is 3.06. The van der Waals surface area contributed by atoms with Gasteiger partial charge in [-0.15, -0.1) is 0 Å². The monoisotopic (exact) mass is 231 g/mol. The molecular weight excluding hydrogens is 214 g/mol. The fourth-order valence-electron chi connectivity index (χ4n) is 1.01. The number of sulfone groups is 1. The van der Waals surface area contributed by atoms with Gasteiger partial charge < -0.3 is 4.42 Å². The van der Waals surface area contributed by atoms with E-state index in [1.165, 1.54) is 6.26 Å². The summed E-state index contributed by atoms with van der Waals surface area (Å²) in [7, 11) is -3.14. The summed E-state index contributed by atoms with van der Waals surface area (Å²) < 4.78 is 28.0. The Morgan fingerprint density at radius 3 is 2.27 bits per heavy atom. The predicted molar refractivity (Wildman–Crippen MR) is 58.5 cm³/mol. The molecule has 1 unspecified atom stereocenters. The standard InChI is InChI=1S/C10H17NO3S/c1-7(15(5,12)13)9-11-6-8(14-9)10(2,3)4/h6-7H,1-5H3. The van der Waals surface area contributed by atoms with E-state index < -0.39 is 15.1 Å². The molecular formula is C10H17NO3S. The molecule has 1 atom stereocenters. The number of hydrogen-bond donors (Lipinski definition) is 0. The lowest BCUT2D eigenvalue weighted by molar-refractivity contribution is 0.381. The second-order valence-corrected chi connectivity index (χ2v) is 7.15. The fourth-order valence-corrected chi connectivity index (χ4v) is 1.48. The average Bonchev–Trinajstić information content (AvgIpc) is 2.47. The molecule has 0 N–H and O–H groups in total.